The number of ether oxygens (including phenoxy) is 2. The Balaban J connectivity index is 1.44. The van der Waals surface area contributed by atoms with Crippen molar-refractivity contribution in [1.82, 2.24) is 20.0 Å². The number of carboxylic acids is 1. The molecule has 0 spiro atoms. The van der Waals surface area contributed by atoms with Gasteiger partial charge in [0, 0.05) is 7.05 Å². The molecule has 1 saturated carbocycles. The molecule has 1 aliphatic carbocycles. The number of aryl methyl sites for hydroxylation is 2. The summed E-state index contributed by atoms with van der Waals surface area (Å²) in [5, 5.41) is 17.7. The zero-order valence-electron chi connectivity index (χ0n) is 18.4. The third-order valence-electron chi connectivity index (χ3n) is 5.84. The van der Waals surface area contributed by atoms with Crippen LogP contribution in [0.5, 0.6) is 5.75 Å². The van der Waals surface area contributed by atoms with Crippen molar-refractivity contribution in [3.05, 3.63) is 59.4 Å². The van der Waals surface area contributed by atoms with Gasteiger partial charge in [0.15, 0.2) is 0 Å². The molecule has 2 heterocycles. The van der Waals surface area contributed by atoms with Gasteiger partial charge in [0.25, 0.3) is 0 Å². The zero-order valence-corrected chi connectivity index (χ0v) is 18.4. The van der Waals surface area contributed by atoms with Crippen molar-refractivity contribution in [1.29, 1.82) is 0 Å². The molecule has 3 aromatic rings. The highest BCUT2D eigenvalue weighted by Crippen LogP contribution is 2.30. The lowest BCUT2D eigenvalue weighted by atomic mass is 9.87. The first-order valence-electron chi connectivity index (χ1n) is 10.9. The number of carboxylic acid groups (broad SMARTS) is 1. The summed E-state index contributed by atoms with van der Waals surface area (Å²) in [6.45, 7) is 2.76. The van der Waals surface area contributed by atoms with Crippen molar-refractivity contribution in [2.45, 2.75) is 51.9 Å². The van der Waals surface area contributed by atoms with E-state index in [0.29, 0.717) is 43.2 Å². The van der Waals surface area contributed by atoms with Gasteiger partial charge in [-0.1, -0.05) is 35.5 Å². The van der Waals surface area contributed by atoms with Crippen LogP contribution < -0.4 is 4.74 Å². The zero-order chi connectivity index (χ0) is 22.5. The first-order valence-corrected chi connectivity index (χ1v) is 10.9. The predicted octanol–water partition coefficient (Wildman–Crippen LogP) is 3.92. The van der Waals surface area contributed by atoms with E-state index >= 15 is 0 Å². The Morgan fingerprint density at radius 2 is 1.97 bits per heavy atom. The number of nitrogens with zero attached hydrogens (tertiary/aromatic N) is 4. The normalized spacial score (nSPS) is 18.4. The average Bonchev–Trinajstić information content (AvgIpc) is 3.16. The van der Waals surface area contributed by atoms with E-state index < -0.39 is 5.97 Å². The summed E-state index contributed by atoms with van der Waals surface area (Å²) >= 11 is 0. The Labute approximate surface area is 187 Å². The van der Waals surface area contributed by atoms with Crippen LogP contribution in [0.25, 0.3) is 11.4 Å². The highest BCUT2D eigenvalue weighted by atomic mass is 16.5. The monoisotopic (exact) mass is 436 g/mol. The quantitative estimate of drug-likeness (QED) is 0.571. The van der Waals surface area contributed by atoms with Crippen molar-refractivity contribution in [2.24, 2.45) is 13.0 Å². The second kappa shape index (κ2) is 9.91. The Morgan fingerprint density at radius 3 is 2.72 bits per heavy atom. The molecule has 0 amide bonds. The number of pyridine rings is 1. The van der Waals surface area contributed by atoms with Gasteiger partial charge in [-0.2, -0.15) is 0 Å². The number of benzene rings is 1. The summed E-state index contributed by atoms with van der Waals surface area (Å²) < 4.78 is 13.7. The maximum atomic E-state index is 11.3. The summed E-state index contributed by atoms with van der Waals surface area (Å²) in [4.78, 5) is 16.0. The number of aromatic nitrogens is 4. The van der Waals surface area contributed by atoms with Gasteiger partial charge in [-0.15, -0.1) is 5.10 Å². The highest BCUT2D eigenvalue weighted by molar-refractivity contribution is 5.70. The largest absolute Gasteiger partial charge is 0.489 e. The van der Waals surface area contributed by atoms with Crippen LogP contribution in [0.2, 0.25) is 0 Å². The molecule has 168 valence electrons. The van der Waals surface area contributed by atoms with Crippen molar-refractivity contribution in [2.75, 3.05) is 0 Å². The van der Waals surface area contributed by atoms with Crippen LogP contribution >= 0.6 is 0 Å². The van der Waals surface area contributed by atoms with Crippen LogP contribution in [0.4, 0.5) is 0 Å². The number of hydrogen-bond acceptors (Lipinski definition) is 6. The second-order valence-electron chi connectivity index (χ2n) is 8.21. The molecule has 0 saturated heterocycles. The number of rotatable bonds is 8. The van der Waals surface area contributed by atoms with Crippen LogP contribution in [0.15, 0.2) is 42.5 Å². The number of aliphatic carboxylic acids is 1. The third kappa shape index (κ3) is 5.13. The molecular formula is C24H28N4O4. The smallest absolute Gasteiger partial charge is 0.306 e. The van der Waals surface area contributed by atoms with Crippen LogP contribution in [-0.2, 0) is 29.8 Å². The summed E-state index contributed by atoms with van der Waals surface area (Å²) in [6.07, 6.45) is 2.86. The van der Waals surface area contributed by atoms with Gasteiger partial charge < -0.3 is 14.6 Å². The molecule has 0 unspecified atom stereocenters. The minimum Gasteiger partial charge on any atom is -0.489 e. The fourth-order valence-corrected chi connectivity index (χ4v) is 4.04. The molecule has 2 atom stereocenters. The van der Waals surface area contributed by atoms with Gasteiger partial charge in [0.1, 0.15) is 11.4 Å². The highest BCUT2D eigenvalue weighted by Gasteiger charge is 2.28. The maximum absolute atomic E-state index is 11.3. The van der Waals surface area contributed by atoms with E-state index in [9.17, 15) is 9.90 Å². The molecule has 0 aliphatic heterocycles. The van der Waals surface area contributed by atoms with E-state index in [0.717, 1.165) is 29.8 Å². The SMILES string of the molecule is Cc1nc(-c2nnn(C)c2COCc2ccccc2)ccc1O[C@H]1CCC[C@H](C(=O)O)C1. The van der Waals surface area contributed by atoms with E-state index in [1.54, 1.807) is 4.68 Å². The minimum absolute atomic E-state index is 0.102. The molecule has 1 aliphatic rings. The van der Waals surface area contributed by atoms with Gasteiger partial charge in [-0.05, 0) is 50.3 Å². The second-order valence-corrected chi connectivity index (χ2v) is 8.21. The standard InChI is InChI=1S/C24H28N4O4/c1-16-22(32-19-10-6-9-18(13-19)24(29)30)12-11-20(25-16)23-21(28(2)27-26-23)15-31-14-17-7-4-3-5-8-17/h3-5,7-8,11-12,18-19H,6,9-10,13-15H2,1-2H3,(H,29,30)/t18-,19-/m0/s1. The van der Waals surface area contributed by atoms with E-state index in [4.69, 9.17) is 14.5 Å². The fraction of sp³-hybridized carbons (Fsp3) is 0.417. The lowest BCUT2D eigenvalue weighted by Crippen LogP contribution is -2.29. The van der Waals surface area contributed by atoms with E-state index in [1.165, 1.54) is 0 Å². The van der Waals surface area contributed by atoms with Crippen LogP contribution in [0.3, 0.4) is 0 Å². The molecular weight excluding hydrogens is 408 g/mol. The number of hydrogen-bond donors (Lipinski definition) is 1. The van der Waals surface area contributed by atoms with Gasteiger partial charge >= 0.3 is 5.97 Å². The Hall–Kier alpha value is -3.26. The topological polar surface area (TPSA) is 99.4 Å². The van der Waals surface area contributed by atoms with Crippen LogP contribution in [-0.4, -0.2) is 37.2 Å². The minimum atomic E-state index is -0.742. The molecule has 1 aromatic carbocycles. The predicted molar refractivity (Wildman–Crippen MR) is 118 cm³/mol. The lowest BCUT2D eigenvalue weighted by molar-refractivity contribution is -0.143. The van der Waals surface area contributed by atoms with Crippen molar-refractivity contribution in [3.8, 4) is 17.1 Å². The molecule has 0 radical (unpaired) electrons. The molecule has 4 rings (SSSR count). The Bertz CT molecular complexity index is 1070. The van der Waals surface area contributed by atoms with E-state index in [-0.39, 0.29) is 12.0 Å². The molecule has 1 fully saturated rings. The summed E-state index contributed by atoms with van der Waals surface area (Å²) in [5.74, 6) is -0.400. The molecule has 0 bridgehead atoms. The van der Waals surface area contributed by atoms with Gasteiger partial charge in [-0.25, -0.2) is 9.67 Å². The Kier molecular flexibility index (Phi) is 6.80. The average molecular weight is 437 g/mol. The van der Waals surface area contributed by atoms with Crippen LogP contribution in [0, 0.1) is 12.8 Å². The summed E-state index contributed by atoms with van der Waals surface area (Å²) in [7, 11) is 1.84. The molecule has 8 heteroatoms. The van der Waals surface area contributed by atoms with E-state index in [1.807, 2.05) is 56.4 Å². The van der Waals surface area contributed by atoms with E-state index in [2.05, 4.69) is 10.3 Å². The summed E-state index contributed by atoms with van der Waals surface area (Å²) in [6, 6.07) is 13.7. The van der Waals surface area contributed by atoms with Gasteiger partial charge in [-0.3, -0.25) is 4.79 Å². The lowest BCUT2D eigenvalue weighted by Gasteiger charge is -2.27. The van der Waals surface area contributed by atoms with Crippen LogP contribution in [0.1, 0.15) is 42.6 Å². The van der Waals surface area contributed by atoms with Crippen molar-refractivity contribution >= 4 is 5.97 Å². The first-order chi connectivity index (χ1) is 15.5. The molecule has 2 aromatic heterocycles. The van der Waals surface area contributed by atoms with Crippen molar-refractivity contribution < 1.29 is 19.4 Å². The summed E-state index contributed by atoms with van der Waals surface area (Å²) in [5.41, 5.74) is 4.07. The number of carbonyl (C=O) groups is 1. The molecule has 1 N–H and O–H groups in total. The third-order valence-corrected chi connectivity index (χ3v) is 5.84. The van der Waals surface area contributed by atoms with Crippen molar-refractivity contribution in [3.63, 3.8) is 0 Å². The van der Waals surface area contributed by atoms with Gasteiger partial charge in [0.05, 0.1) is 42.3 Å². The Morgan fingerprint density at radius 1 is 1.16 bits per heavy atom. The van der Waals surface area contributed by atoms with Gasteiger partial charge in [0.2, 0.25) is 0 Å². The fourth-order valence-electron chi connectivity index (χ4n) is 4.04. The maximum Gasteiger partial charge on any atom is 0.306 e. The molecule has 8 nitrogen and oxygen atoms in total. The molecule has 32 heavy (non-hydrogen) atoms. The first kappa shape index (κ1) is 22.0.